The summed E-state index contributed by atoms with van der Waals surface area (Å²) in [5.74, 6) is 0.736. The lowest BCUT2D eigenvalue weighted by Crippen LogP contribution is -2.21. The Kier molecular flexibility index (Phi) is 4.57. The van der Waals surface area contributed by atoms with E-state index in [-0.39, 0.29) is 5.56 Å². The van der Waals surface area contributed by atoms with Gasteiger partial charge in [-0.1, -0.05) is 6.07 Å². The van der Waals surface area contributed by atoms with Crippen LogP contribution in [0.25, 0.3) is 0 Å². The summed E-state index contributed by atoms with van der Waals surface area (Å²) < 4.78 is 7.56. The molecule has 0 atom stereocenters. The molecule has 0 radical (unpaired) electrons. The smallest absolute Gasteiger partial charge is 0.267 e. The van der Waals surface area contributed by atoms with E-state index in [0.29, 0.717) is 29.7 Å². The number of aromatic nitrogens is 2. The summed E-state index contributed by atoms with van der Waals surface area (Å²) in [7, 11) is 0. The van der Waals surface area contributed by atoms with Gasteiger partial charge in [-0.05, 0) is 34.5 Å². The molecule has 0 fully saturated rings. The van der Waals surface area contributed by atoms with Crippen molar-refractivity contribution >= 4 is 21.6 Å². The minimum Gasteiger partial charge on any atom is -0.493 e. The van der Waals surface area contributed by atoms with E-state index in [0.717, 1.165) is 5.75 Å². The van der Waals surface area contributed by atoms with Gasteiger partial charge in [0.1, 0.15) is 10.2 Å². The van der Waals surface area contributed by atoms with E-state index in [1.54, 1.807) is 16.7 Å². The summed E-state index contributed by atoms with van der Waals surface area (Å²) in [6.07, 6.45) is 3.72. The maximum absolute atomic E-state index is 11.7. The number of hydrogen-bond donors (Lipinski definition) is 1. The molecule has 0 spiro atoms. The Balaban J connectivity index is 1.84. The summed E-state index contributed by atoms with van der Waals surface area (Å²) in [5, 5.41) is 0. The number of halogens is 1. The van der Waals surface area contributed by atoms with Crippen molar-refractivity contribution in [3.63, 3.8) is 0 Å². The van der Waals surface area contributed by atoms with Gasteiger partial charge in [-0.15, -0.1) is 0 Å². The Morgan fingerprint density at radius 3 is 3.05 bits per heavy atom. The van der Waals surface area contributed by atoms with Crippen LogP contribution in [0.2, 0.25) is 0 Å². The average Bonchev–Trinajstić information content (AvgIpc) is 2.39. The highest BCUT2D eigenvalue weighted by molar-refractivity contribution is 9.10. The molecule has 0 amide bonds. The molecule has 100 valence electrons. The lowest BCUT2D eigenvalue weighted by atomic mass is 10.3. The van der Waals surface area contributed by atoms with Crippen molar-refractivity contribution in [2.24, 2.45) is 0 Å². The average molecular weight is 324 g/mol. The second kappa shape index (κ2) is 6.38. The lowest BCUT2D eigenvalue weighted by molar-refractivity contribution is 0.300. The Hall–Kier alpha value is -1.82. The quantitative estimate of drug-likeness (QED) is 0.675. The third-order valence-corrected chi connectivity index (χ3v) is 3.07. The molecule has 0 unspecified atom stereocenters. The predicted octanol–water partition coefficient (Wildman–Crippen LogP) is 2.06. The highest BCUT2D eigenvalue weighted by atomic mass is 79.9. The molecular weight excluding hydrogens is 310 g/mol. The van der Waals surface area contributed by atoms with Crippen LogP contribution in [0.4, 0.5) is 5.69 Å². The normalized spacial score (nSPS) is 10.4. The maximum atomic E-state index is 11.7. The van der Waals surface area contributed by atoms with Gasteiger partial charge in [0.15, 0.2) is 0 Å². The fraction of sp³-hybridized carbons (Fsp3) is 0.231. The molecule has 19 heavy (non-hydrogen) atoms. The summed E-state index contributed by atoms with van der Waals surface area (Å²) in [6.45, 7) is 1.08. The molecule has 1 heterocycles. The van der Waals surface area contributed by atoms with Crippen LogP contribution >= 0.6 is 15.9 Å². The molecular formula is C13H14BrN3O2. The van der Waals surface area contributed by atoms with Crippen LogP contribution in [0.1, 0.15) is 6.42 Å². The van der Waals surface area contributed by atoms with Crippen LogP contribution in [0.15, 0.2) is 46.1 Å². The van der Waals surface area contributed by atoms with Gasteiger partial charge in [-0.25, -0.2) is 4.98 Å². The van der Waals surface area contributed by atoms with Crippen LogP contribution in [0, 0.1) is 0 Å². The molecule has 1 aromatic carbocycles. The first-order valence-corrected chi connectivity index (χ1v) is 6.64. The molecule has 0 bridgehead atoms. The predicted molar refractivity (Wildman–Crippen MR) is 77.2 cm³/mol. The van der Waals surface area contributed by atoms with Crippen LogP contribution in [0.5, 0.6) is 5.75 Å². The Morgan fingerprint density at radius 2 is 2.26 bits per heavy atom. The van der Waals surface area contributed by atoms with Gasteiger partial charge in [0, 0.05) is 24.5 Å². The zero-order valence-electron chi connectivity index (χ0n) is 10.3. The minimum absolute atomic E-state index is 0.0843. The van der Waals surface area contributed by atoms with E-state index >= 15 is 0 Å². The third kappa shape index (κ3) is 3.82. The zero-order chi connectivity index (χ0) is 13.7. The number of rotatable bonds is 5. The lowest BCUT2D eigenvalue weighted by Gasteiger charge is -2.08. The van der Waals surface area contributed by atoms with Gasteiger partial charge < -0.3 is 10.5 Å². The van der Waals surface area contributed by atoms with E-state index in [4.69, 9.17) is 10.5 Å². The standard InChI is InChI=1S/C13H14BrN3O2/c14-12-8-16-9-17(13(12)18)5-2-6-19-11-4-1-3-10(15)7-11/h1,3-4,7-9H,2,5-6,15H2. The van der Waals surface area contributed by atoms with Crippen molar-refractivity contribution in [3.8, 4) is 5.75 Å². The Labute approximate surface area is 119 Å². The molecule has 2 aromatic rings. The van der Waals surface area contributed by atoms with Gasteiger partial charge in [0.2, 0.25) is 0 Å². The monoisotopic (exact) mass is 323 g/mol. The summed E-state index contributed by atoms with van der Waals surface area (Å²) in [5.41, 5.74) is 6.24. The van der Waals surface area contributed by atoms with Crippen molar-refractivity contribution in [1.82, 2.24) is 9.55 Å². The molecule has 6 heteroatoms. The molecule has 2 N–H and O–H groups in total. The van der Waals surface area contributed by atoms with Gasteiger partial charge in [0.25, 0.3) is 5.56 Å². The summed E-state index contributed by atoms with van der Waals surface area (Å²) in [6, 6.07) is 7.27. The van der Waals surface area contributed by atoms with Crippen molar-refractivity contribution in [2.45, 2.75) is 13.0 Å². The number of benzene rings is 1. The summed E-state index contributed by atoms with van der Waals surface area (Å²) >= 11 is 3.16. The first kappa shape index (κ1) is 13.6. The largest absolute Gasteiger partial charge is 0.493 e. The van der Waals surface area contributed by atoms with E-state index in [1.807, 2.05) is 12.1 Å². The van der Waals surface area contributed by atoms with Gasteiger partial charge in [0.05, 0.1) is 12.9 Å². The van der Waals surface area contributed by atoms with Crippen molar-refractivity contribution in [1.29, 1.82) is 0 Å². The van der Waals surface area contributed by atoms with Crippen molar-refractivity contribution in [3.05, 3.63) is 51.6 Å². The highest BCUT2D eigenvalue weighted by Gasteiger charge is 2.01. The number of nitrogen functional groups attached to an aromatic ring is 1. The van der Waals surface area contributed by atoms with Crippen molar-refractivity contribution in [2.75, 3.05) is 12.3 Å². The van der Waals surface area contributed by atoms with E-state index in [2.05, 4.69) is 20.9 Å². The number of nitrogens with zero attached hydrogens (tertiary/aromatic N) is 2. The van der Waals surface area contributed by atoms with E-state index < -0.39 is 0 Å². The topological polar surface area (TPSA) is 70.1 Å². The third-order valence-electron chi connectivity index (χ3n) is 2.53. The first-order valence-electron chi connectivity index (χ1n) is 5.85. The van der Waals surface area contributed by atoms with Gasteiger partial charge >= 0.3 is 0 Å². The fourth-order valence-corrected chi connectivity index (χ4v) is 1.96. The van der Waals surface area contributed by atoms with Crippen LogP contribution in [-0.2, 0) is 6.54 Å². The minimum atomic E-state index is -0.0843. The first-order chi connectivity index (χ1) is 9.16. The van der Waals surface area contributed by atoms with Crippen LogP contribution in [-0.4, -0.2) is 16.2 Å². The van der Waals surface area contributed by atoms with E-state index in [9.17, 15) is 4.79 Å². The maximum Gasteiger partial charge on any atom is 0.267 e. The molecule has 1 aromatic heterocycles. The Morgan fingerprint density at radius 1 is 1.42 bits per heavy atom. The molecule has 0 aliphatic rings. The fourth-order valence-electron chi connectivity index (χ4n) is 1.61. The van der Waals surface area contributed by atoms with Gasteiger partial charge in [-0.2, -0.15) is 0 Å². The number of aryl methyl sites for hydroxylation is 1. The number of nitrogens with two attached hydrogens (primary N) is 1. The molecule has 2 rings (SSSR count). The van der Waals surface area contributed by atoms with Crippen LogP contribution < -0.4 is 16.0 Å². The number of hydrogen-bond acceptors (Lipinski definition) is 4. The molecule has 5 nitrogen and oxygen atoms in total. The second-order valence-corrected chi connectivity index (χ2v) is 4.87. The molecule has 0 aliphatic heterocycles. The van der Waals surface area contributed by atoms with E-state index in [1.165, 1.54) is 12.5 Å². The molecule has 0 saturated carbocycles. The highest BCUT2D eigenvalue weighted by Crippen LogP contribution is 2.14. The second-order valence-electron chi connectivity index (χ2n) is 4.01. The van der Waals surface area contributed by atoms with Crippen molar-refractivity contribution < 1.29 is 4.74 Å². The number of ether oxygens (including phenoxy) is 1. The number of anilines is 1. The summed E-state index contributed by atoms with van der Waals surface area (Å²) in [4.78, 5) is 15.6. The SMILES string of the molecule is Nc1cccc(OCCCn2cncc(Br)c2=O)c1. The van der Waals surface area contributed by atoms with Gasteiger partial charge in [-0.3, -0.25) is 9.36 Å². The zero-order valence-corrected chi connectivity index (χ0v) is 11.8. The molecule has 0 aliphatic carbocycles. The molecule has 0 saturated heterocycles. The Bertz CT molecular complexity index is 613. The van der Waals surface area contributed by atoms with Crippen LogP contribution in [0.3, 0.4) is 0 Å².